The van der Waals surface area contributed by atoms with E-state index in [4.69, 9.17) is 10.8 Å². The summed E-state index contributed by atoms with van der Waals surface area (Å²) in [6.45, 7) is 2.64. The third-order valence-corrected chi connectivity index (χ3v) is 4.29. The number of imidazole rings is 1. The van der Waals surface area contributed by atoms with Crippen LogP contribution in [0.3, 0.4) is 0 Å². The summed E-state index contributed by atoms with van der Waals surface area (Å²) in [6.07, 6.45) is 2.19. The predicted octanol–water partition coefficient (Wildman–Crippen LogP) is 2.37. The highest BCUT2D eigenvalue weighted by Crippen LogP contribution is 2.27. The zero-order valence-corrected chi connectivity index (χ0v) is 14.5. The van der Waals surface area contributed by atoms with E-state index >= 15 is 0 Å². The molecule has 4 rings (SSSR count). The number of aromatic carboxylic acids is 1. The topological polar surface area (TPSA) is 133 Å². The van der Waals surface area contributed by atoms with Crippen molar-refractivity contribution < 1.29 is 14.5 Å². The van der Waals surface area contributed by atoms with E-state index in [-0.39, 0.29) is 11.4 Å². The van der Waals surface area contributed by atoms with Gasteiger partial charge >= 0.3 is 5.97 Å². The lowest BCUT2D eigenvalue weighted by atomic mass is 10.1. The highest BCUT2D eigenvalue weighted by atomic mass is 16.6. The smallest absolute Gasteiger partial charge is 0.335 e. The van der Waals surface area contributed by atoms with Crippen molar-refractivity contribution in [2.45, 2.75) is 19.9 Å². The Hall–Kier alpha value is -3.75. The number of anilines is 1. The Morgan fingerprint density at radius 1 is 1.30 bits per heavy atom. The largest absolute Gasteiger partial charge is 0.478 e. The van der Waals surface area contributed by atoms with Crippen molar-refractivity contribution in [3.8, 4) is 11.5 Å². The SMILES string of the molecule is CCn1c(-c2nonc2N)nc2cnc(Cc3cccc(C(=O)O)c3)cc21. The molecule has 0 fully saturated rings. The maximum Gasteiger partial charge on any atom is 0.335 e. The number of carboxylic acids is 1. The van der Waals surface area contributed by atoms with Gasteiger partial charge in [0.05, 0.1) is 17.3 Å². The Kier molecular flexibility index (Phi) is 4.03. The maximum atomic E-state index is 11.2. The van der Waals surface area contributed by atoms with E-state index in [0.29, 0.717) is 30.0 Å². The van der Waals surface area contributed by atoms with Gasteiger partial charge in [-0.15, -0.1) is 0 Å². The quantitative estimate of drug-likeness (QED) is 0.551. The monoisotopic (exact) mass is 364 g/mol. The van der Waals surface area contributed by atoms with Gasteiger partial charge < -0.3 is 15.4 Å². The zero-order chi connectivity index (χ0) is 19.0. The van der Waals surface area contributed by atoms with Crippen LogP contribution in [0.15, 0.2) is 41.2 Å². The number of fused-ring (bicyclic) bond motifs is 1. The fraction of sp³-hybridized carbons (Fsp3) is 0.167. The van der Waals surface area contributed by atoms with Gasteiger partial charge in [0.1, 0.15) is 5.52 Å². The summed E-state index contributed by atoms with van der Waals surface area (Å²) < 4.78 is 6.65. The number of rotatable bonds is 5. The molecular weight excluding hydrogens is 348 g/mol. The van der Waals surface area contributed by atoms with Gasteiger partial charge in [0.15, 0.2) is 17.3 Å². The lowest BCUT2D eigenvalue weighted by Gasteiger charge is -2.06. The molecule has 3 aromatic heterocycles. The predicted molar refractivity (Wildman–Crippen MR) is 97.1 cm³/mol. The molecule has 0 atom stereocenters. The number of carbonyl (C=O) groups is 1. The van der Waals surface area contributed by atoms with E-state index in [0.717, 1.165) is 16.8 Å². The molecule has 1 aromatic carbocycles. The average molecular weight is 364 g/mol. The van der Waals surface area contributed by atoms with Gasteiger partial charge in [-0.1, -0.05) is 12.1 Å². The summed E-state index contributed by atoms with van der Waals surface area (Å²) in [5.74, 6) is -0.204. The number of benzene rings is 1. The van der Waals surface area contributed by atoms with E-state index in [9.17, 15) is 4.79 Å². The normalized spacial score (nSPS) is 11.1. The number of carboxylic acid groups (broad SMARTS) is 1. The Morgan fingerprint density at radius 3 is 2.85 bits per heavy atom. The van der Waals surface area contributed by atoms with Crippen LogP contribution in [0.5, 0.6) is 0 Å². The number of nitrogen functional groups attached to an aromatic ring is 1. The molecule has 0 amide bonds. The third kappa shape index (κ3) is 2.99. The van der Waals surface area contributed by atoms with Crippen LogP contribution >= 0.6 is 0 Å². The van der Waals surface area contributed by atoms with Crippen LogP contribution in [0.4, 0.5) is 5.82 Å². The molecule has 3 heterocycles. The lowest BCUT2D eigenvalue weighted by Crippen LogP contribution is -2.01. The van der Waals surface area contributed by atoms with Crippen molar-refractivity contribution in [2.75, 3.05) is 5.73 Å². The van der Waals surface area contributed by atoms with Crippen LogP contribution in [0.1, 0.15) is 28.5 Å². The molecule has 136 valence electrons. The first-order valence-corrected chi connectivity index (χ1v) is 8.32. The Bertz CT molecular complexity index is 1150. The van der Waals surface area contributed by atoms with Gasteiger partial charge in [-0.3, -0.25) is 4.98 Å². The summed E-state index contributed by atoms with van der Waals surface area (Å²) >= 11 is 0. The van der Waals surface area contributed by atoms with E-state index in [1.165, 1.54) is 0 Å². The number of aryl methyl sites for hydroxylation is 1. The summed E-state index contributed by atoms with van der Waals surface area (Å²) in [5.41, 5.74) is 9.71. The number of nitrogens with zero attached hydrogens (tertiary/aromatic N) is 5. The van der Waals surface area contributed by atoms with Gasteiger partial charge in [0.2, 0.25) is 0 Å². The average Bonchev–Trinajstić information content (AvgIpc) is 3.24. The first-order chi connectivity index (χ1) is 13.1. The van der Waals surface area contributed by atoms with Crippen molar-refractivity contribution in [1.82, 2.24) is 24.8 Å². The molecule has 0 bridgehead atoms. The molecule has 0 spiro atoms. The van der Waals surface area contributed by atoms with Crippen LogP contribution in [0, 0.1) is 0 Å². The molecule has 0 unspecified atom stereocenters. The first-order valence-electron chi connectivity index (χ1n) is 8.32. The van der Waals surface area contributed by atoms with Crippen LogP contribution in [-0.4, -0.2) is 35.9 Å². The third-order valence-electron chi connectivity index (χ3n) is 4.29. The van der Waals surface area contributed by atoms with E-state index < -0.39 is 5.97 Å². The molecule has 4 aromatic rings. The fourth-order valence-corrected chi connectivity index (χ4v) is 3.04. The van der Waals surface area contributed by atoms with E-state index in [1.54, 1.807) is 24.4 Å². The van der Waals surface area contributed by atoms with Gasteiger partial charge in [0, 0.05) is 18.7 Å². The second kappa shape index (κ2) is 6.52. The van der Waals surface area contributed by atoms with Crippen LogP contribution in [0.2, 0.25) is 0 Å². The van der Waals surface area contributed by atoms with Crippen molar-refractivity contribution in [2.24, 2.45) is 0 Å². The van der Waals surface area contributed by atoms with Crippen molar-refractivity contribution in [1.29, 1.82) is 0 Å². The number of hydrogen-bond donors (Lipinski definition) is 2. The second-order valence-electron chi connectivity index (χ2n) is 6.02. The molecule has 9 nitrogen and oxygen atoms in total. The van der Waals surface area contributed by atoms with E-state index in [1.807, 2.05) is 23.6 Å². The maximum absolute atomic E-state index is 11.2. The molecular formula is C18H16N6O3. The van der Waals surface area contributed by atoms with Crippen LogP contribution < -0.4 is 5.73 Å². The van der Waals surface area contributed by atoms with Crippen LogP contribution in [-0.2, 0) is 13.0 Å². The summed E-state index contributed by atoms with van der Waals surface area (Å²) in [7, 11) is 0. The lowest BCUT2D eigenvalue weighted by molar-refractivity contribution is 0.0696. The summed E-state index contributed by atoms with van der Waals surface area (Å²) in [4.78, 5) is 20.2. The molecule has 9 heteroatoms. The van der Waals surface area contributed by atoms with Gasteiger partial charge in [-0.05, 0) is 41.0 Å². The van der Waals surface area contributed by atoms with Gasteiger partial charge in [-0.2, -0.15) is 0 Å². The molecule has 0 saturated heterocycles. The van der Waals surface area contributed by atoms with Crippen molar-refractivity contribution >= 4 is 22.8 Å². The highest BCUT2D eigenvalue weighted by molar-refractivity contribution is 5.87. The molecule has 0 aliphatic carbocycles. The minimum atomic E-state index is -0.951. The van der Waals surface area contributed by atoms with Gasteiger partial charge in [0.25, 0.3) is 0 Å². The molecule has 0 radical (unpaired) electrons. The Balaban J connectivity index is 1.75. The second-order valence-corrected chi connectivity index (χ2v) is 6.02. The minimum absolute atomic E-state index is 0.179. The number of nitrogens with two attached hydrogens (primary N) is 1. The summed E-state index contributed by atoms with van der Waals surface area (Å²) in [5, 5.41) is 16.6. The van der Waals surface area contributed by atoms with E-state index in [2.05, 4.69) is 24.9 Å². The number of aromatic nitrogens is 5. The number of pyridine rings is 1. The molecule has 3 N–H and O–H groups in total. The molecule has 27 heavy (non-hydrogen) atoms. The van der Waals surface area contributed by atoms with Gasteiger partial charge in [-0.25, -0.2) is 14.4 Å². The number of hydrogen-bond acceptors (Lipinski definition) is 7. The molecule has 0 saturated carbocycles. The first kappa shape index (κ1) is 16.7. The summed E-state index contributed by atoms with van der Waals surface area (Å²) in [6, 6.07) is 8.76. The Morgan fingerprint density at radius 2 is 2.15 bits per heavy atom. The van der Waals surface area contributed by atoms with Crippen LogP contribution in [0.25, 0.3) is 22.6 Å². The Labute approximate surface area is 153 Å². The highest BCUT2D eigenvalue weighted by Gasteiger charge is 2.19. The fourth-order valence-electron chi connectivity index (χ4n) is 3.04. The van der Waals surface area contributed by atoms with Crippen molar-refractivity contribution in [3.63, 3.8) is 0 Å². The molecule has 0 aliphatic rings. The van der Waals surface area contributed by atoms with Crippen molar-refractivity contribution in [3.05, 3.63) is 53.3 Å². The minimum Gasteiger partial charge on any atom is -0.478 e. The molecule has 0 aliphatic heterocycles. The standard InChI is InChI=1S/C18H16N6O3/c1-2-24-14-8-12(7-10-4-3-5-11(6-10)18(25)26)20-9-13(14)21-17(24)15-16(19)23-27-22-15/h3-6,8-9H,2,7H2,1H3,(H2,19,23)(H,25,26). The zero-order valence-electron chi connectivity index (χ0n) is 14.5.